The highest BCUT2D eigenvalue weighted by atomic mass is 32.1. The van der Waals surface area contributed by atoms with E-state index < -0.39 is 23.7 Å². The average molecular weight is 328 g/mol. The Morgan fingerprint density at radius 1 is 1.32 bits per heavy atom. The second-order valence-electron chi connectivity index (χ2n) is 4.78. The molecule has 0 N–H and O–H groups in total. The molecule has 8 heteroatoms. The number of nitrogens with zero attached hydrogens (tertiary/aromatic N) is 2. The molecular formula is C14H11F3N2O2S. The minimum atomic E-state index is -4.51. The van der Waals surface area contributed by atoms with Crippen LogP contribution in [-0.2, 0) is 6.18 Å². The third-order valence-electron chi connectivity index (χ3n) is 3.22. The summed E-state index contributed by atoms with van der Waals surface area (Å²) in [6.45, 7) is 0.509. The number of likely N-dealkylation sites (tertiary alicyclic amines) is 1. The Morgan fingerprint density at radius 2 is 2.09 bits per heavy atom. The Balaban J connectivity index is 1.62. The van der Waals surface area contributed by atoms with Gasteiger partial charge in [-0.2, -0.15) is 13.2 Å². The van der Waals surface area contributed by atoms with E-state index in [-0.39, 0.29) is 19.0 Å². The van der Waals surface area contributed by atoms with Gasteiger partial charge >= 0.3 is 6.18 Å². The average Bonchev–Trinajstić information content (AvgIpc) is 2.95. The van der Waals surface area contributed by atoms with Crippen molar-refractivity contribution < 1.29 is 22.7 Å². The topological polar surface area (TPSA) is 42.4 Å². The van der Waals surface area contributed by atoms with Gasteiger partial charge in [-0.3, -0.25) is 4.79 Å². The zero-order valence-electron chi connectivity index (χ0n) is 11.2. The van der Waals surface area contributed by atoms with Gasteiger partial charge in [0.1, 0.15) is 11.7 Å². The van der Waals surface area contributed by atoms with E-state index in [2.05, 4.69) is 4.98 Å². The van der Waals surface area contributed by atoms with Crippen molar-refractivity contribution in [2.45, 2.75) is 12.3 Å². The first-order chi connectivity index (χ1) is 10.4. The lowest BCUT2D eigenvalue weighted by molar-refractivity contribution is -0.140. The number of aromatic nitrogens is 1. The SMILES string of the molecule is O=C(c1cccs1)N1CC(Oc2ncccc2C(F)(F)F)C1. The van der Waals surface area contributed by atoms with E-state index in [0.717, 1.165) is 6.07 Å². The lowest BCUT2D eigenvalue weighted by atomic mass is 10.1. The van der Waals surface area contributed by atoms with Crippen LogP contribution in [0.1, 0.15) is 15.2 Å². The molecule has 1 saturated heterocycles. The molecule has 1 aliphatic heterocycles. The van der Waals surface area contributed by atoms with Gasteiger partial charge < -0.3 is 9.64 Å². The number of carbonyl (C=O) groups is 1. The summed E-state index contributed by atoms with van der Waals surface area (Å²) in [5.41, 5.74) is -0.905. The smallest absolute Gasteiger partial charge is 0.421 e. The number of carbonyl (C=O) groups excluding carboxylic acids is 1. The first kappa shape index (κ1) is 14.8. The molecule has 1 aliphatic rings. The highest BCUT2D eigenvalue weighted by Gasteiger charge is 2.38. The van der Waals surface area contributed by atoms with Crippen LogP contribution >= 0.6 is 11.3 Å². The summed E-state index contributed by atoms with van der Waals surface area (Å²) in [5.74, 6) is -0.574. The molecule has 2 aromatic heterocycles. The summed E-state index contributed by atoms with van der Waals surface area (Å²) in [5, 5.41) is 1.80. The van der Waals surface area contributed by atoms with Crippen LogP contribution in [0.2, 0.25) is 0 Å². The molecule has 116 valence electrons. The van der Waals surface area contributed by atoms with Crippen molar-refractivity contribution in [1.29, 1.82) is 0 Å². The summed E-state index contributed by atoms with van der Waals surface area (Å²) in [4.78, 5) is 17.8. The Labute approximate surface area is 128 Å². The number of rotatable bonds is 3. The lowest BCUT2D eigenvalue weighted by Crippen LogP contribution is -2.56. The molecule has 3 heterocycles. The number of alkyl halides is 3. The van der Waals surface area contributed by atoms with Crippen LogP contribution in [0.3, 0.4) is 0 Å². The molecule has 1 fully saturated rings. The third-order valence-corrected chi connectivity index (χ3v) is 4.08. The molecule has 0 atom stereocenters. The lowest BCUT2D eigenvalue weighted by Gasteiger charge is -2.38. The van der Waals surface area contributed by atoms with E-state index in [4.69, 9.17) is 4.74 Å². The Bertz CT molecular complexity index is 667. The summed E-state index contributed by atoms with van der Waals surface area (Å²) in [6, 6.07) is 5.62. The second kappa shape index (κ2) is 5.60. The van der Waals surface area contributed by atoms with Crippen molar-refractivity contribution in [3.8, 4) is 5.88 Å². The summed E-state index contributed by atoms with van der Waals surface area (Å²) < 4.78 is 43.8. The normalized spacial score (nSPS) is 15.5. The second-order valence-corrected chi connectivity index (χ2v) is 5.73. The predicted octanol–water partition coefficient (Wildman–Crippen LogP) is 3.07. The van der Waals surface area contributed by atoms with Crippen LogP contribution in [0.15, 0.2) is 35.8 Å². The summed E-state index contributed by atoms with van der Waals surface area (Å²) >= 11 is 1.33. The van der Waals surface area contributed by atoms with Crippen molar-refractivity contribution >= 4 is 17.2 Å². The van der Waals surface area contributed by atoms with Gasteiger partial charge in [-0.1, -0.05) is 6.07 Å². The number of halogens is 3. The van der Waals surface area contributed by atoms with Gasteiger partial charge in [-0.15, -0.1) is 11.3 Å². The van der Waals surface area contributed by atoms with Gasteiger partial charge in [0.15, 0.2) is 0 Å². The number of thiophene rings is 1. The van der Waals surface area contributed by atoms with Crippen LogP contribution < -0.4 is 4.74 Å². The van der Waals surface area contributed by atoms with E-state index >= 15 is 0 Å². The van der Waals surface area contributed by atoms with Crippen molar-refractivity contribution in [1.82, 2.24) is 9.88 Å². The molecular weight excluding hydrogens is 317 g/mol. The maximum Gasteiger partial charge on any atom is 0.421 e. The molecule has 0 bridgehead atoms. The van der Waals surface area contributed by atoms with Gasteiger partial charge in [-0.05, 0) is 23.6 Å². The maximum atomic E-state index is 12.8. The maximum absolute atomic E-state index is 12.8. The van der Waals surface area contributed by atoms with Crippen LogP contribution in [0.4, 0.5) is 13.2 Å². The van der Waals surface area contributed by atoms with Gasteiger partial charge in [0.2, 0.25) is 5.88 Å². The van der Waals surface area contributed by atoms with Gasteiger partial charge in [0.25, 0.3) is 5.91 Å². The number of hydrogen-bond donors (Lipinski definition) is 0. The number of ether oxygens (including phenoxy) is 1. The van der Waals surface area contributed by atoms with E-state index in [1.165, 1.54) is 28.5 Å². The monoisotopic (exact) mass is 328 g/mol. The van der Waals surface area contributed by atoms with E-state index in [9.17, 15) is 18.0 Å². The van der Waals surface area contributed by atoms with Crippen LogP contribution in [0, 0.1) is 0 Å². The molecule has 22 heavy (non-hydrogen) atoms. The fourth-order valence-corrected chi connectivity index (χ4v) is 2.78. The van der Waals surface area contributed by atoms with Gasteiger partial charge in [0, 0.05) is 6.20 Å². The highest BCUT2D eigenvalue weighted by Crippen LogP contribution is 2.35. The molecule has 3 rings (SSSR count). The molecule has 0 unspecified atom stereocenters. The Hall–Kier alpha value is -2.09. The van der Waals surface area contributed by atoms with Crippen molar-refractivity contribution in [3.05, 3.63) is 46.3 Å². The summed E-state index contributed by atoms with van der Waals surface area (Å²) in [6.07, 6.45) is -3.74. The highest BCUT2D eigenvalue weighted by molar-refractivity contribution is 7.12. The van der Waals surface area contributed by atoms with Crippen LogP contribution in [0.25, 0.3) is 0 Å². The van der Waals surface area contributed by atoms with E-state index in [0.29, 0.717) is 4.88 Å². The van der Waals surface area contributed by atoms with Gasteiger partial charge in [-0.25, -0.2) is 4.98 Å². The largest absolute Gasteiger partial charge is 0.470 e. The standard InChI is InChI=1S/C14H11F3N2O2S/c15-14(16,17)10-3-1-5-18-12(10)21-9-7-19(8-9)13(20)11-4-2-6-22-11/h1-6,9H,7-8H2. The molecule has 0 radical (unpaired) electrons. The number of pyridine rings is 1. The first-order valence-corrected chi connectivity index (χ1v) is 7.35. The first-order valence-electron chi connectivity index (χ1n) is 6.47. The molecule has 0 spiro atoms. The Morgan fingerprint density at radius 3 is 2.73 bits per heavy atom. The summed E-state index contributed by atoms with van der Waals surface area (Å²) in [7, 11) is 0. The number of amides is 1. The molecule has 1 amide bonds. The van der Waals surface area contributed by atoms with E-state index in [1.54, 1.807) is 17.5 Å². The molecule has 0 saturated carbocycles. The fraction of sp³-hybridized carbons (Fsp3) is 0.286. The van der Waals surface area contributed by atoms with E-state index in [1.807, 2.05) is 0 Å². The zero-order valence-corrected chi connectivity index (χ0v) is 12.0. The zero-order chi connectivity index (χ0) is 15.7. The van der Waals surface area contributed by atoms with Crippen molar-refractivity contribution in [2.75, 3.05) is 13.1 Å². The molecule has 0 aliphatic carbocycles. The van der Waals surface area contributed by atoms with Crippen molar-refractivity contribution in [2.24, 2.45) is 0 Å². The predicted molar refractivity (Wildman–Crippen MR) is 73.9 cm³/mol. The van der Waals surface area contributed by atoms with Gasteiger partial charge in [0.05, 0.1) is 18.0 Å². The van der Waals surface area contributed by atoms with Crippen molar-refractivity contribution in [3.63, 3.8) is 0 Å². The number of hydrogen-bond acceptors (Lipinski definition) is 4. The quantitative estimate of drug-likeness (QED) is 0.870. The van der Waals surface area contributed by atoms with Crippen LogP contribution in [0.5, 0.6) is 5.88 Å². The minimum absolute atomic E-state index is 0.132. The minimum Gasteiger partial charge on any atom is -0.470 e. The molecule has 0 aromatic carbocycles. The fourth-order valence-electron chi connectivity index (χ4n) is 2.09. The molecule has 4 nitrogen and oxygen atoms in total. The Kier molecular flexibility index (Phi) is 3.78. The molecule has 2 aromatic rings. The third kappa shape index (κ3) is 2.92. The van der Waals surface area contributed by atoms with Crippen LogP contribution in [-0.4, -0.2) is 35.0 Å².